The molecule has 0 saturated heterocycles. The van der Waals surface area contributed by atoms with E-state index in [1.165, 1.54) is 32.1 Å². The molecule has 4 rings (SSSR count). The van der Waals surface area contributed by atoms with Crippen LogP contribution in [0, 0.1) is 46.3 Å². The van der Waals surface area contributed by atoms with Gasteiger partial charge in [-0.15, -0.1) is 0 Å². The largest absolute Gasteiger partial charge is 0.414 e. The zero-order valence-corrected chi connectivity index (χ0v) is 24.8. The Morgan fingerprint density at radius 1 is 1.09 bits per heavy atom. The molecule has 9 atom stereocenters. The first kappa shape index (κ1) is 27.3. The van der Waals surface area contributed by atoms with Gasteiger partial charge in [0, 0.05) is 18.4 Å². The number of aliphatic imine (C=N–C) groups is 1. The minimum absolute atomic E-state index is 0.227. The molecule has 0 aromatic carbocycles. The topological polar surface area (TPSA) is 55.7 Å². The van der Waals surface area contributed by atoms with Crippen molar-refractivity contribution in [2.75, 3.05) is 6.54 Å². The number of carbonyl (C=O) groups is 1. The monoisotopic (exact) mass is 501 g/mol. The average molecular weight is 502 g/mol. The van der Waals surface area contributed by atoms with E-state index in [0.717, 1.165) is 25.7 Å². The Bertz CT molecular complexity index is 858. The van der Waals surface area contributed by atoms with Crippen LogP contribution in [0.4, 0.5) is 0 Å². The normalized spacial score (nSPS) is 42.5. The van der Waals surface area contributed by atoms with Gasteiger partial charge in [0.1, 0.15) is 5.78 Å². The van der Waals surface area contributed by atoms with Crippen molar-refractivity contribution < 1.29 is 14.0 Å². The molecule has 0 amide bonds. The van der Waals surface area contributed by atoms with Gasteiger partial charge in [-0.05, 0) is 110 Å². The van der Waals surface area contributed by atoms with Crippen LogP contribution in [0.25, 0.3) is 0 Å². The number of hydrogen-bond acceptors (Lipinski definition) is 4. The molecule has 4 saturated carbocycles. The molecule has 198 valence electrons. The minimum atomic E-state index is -1.80. The summed E-state index contributed by atoms with van der Waals surface area (Å²) in [5, 5.41) is 0.227. The molecule has 0 aromatic rings. The molecule has 4 aliphatic rings. The summed E-state index contributed by atoms with van der Waals surface area (Å²) in [5.74, 6) is 3.59. The Balaban J connectivity index is 1.49. The Hall–Kier alpha value is -0.773. The van der Waals surface area contributed by atoms with E-state index in [1.807, 2.05) is 0 Å². The third-order valence-electron chi connectivity index (χ3n) is 12.2. The zero-order chi connectivity index (χ0) is 25.8. The van der Waals surface area contributed by atoms with E-state index in [2.05, 4.69) is 59.6 Å². The second-order valence-corrected chi connectivity index (χ2v) is 19.6. The maximum atomic E-state index is 13.9. The molecule has 4 nitrogen and oxygen atoms in total. The maximum Gasteiger partial charge on any atom is 0.234 e. The fourth-order valence-electron chi connectivity index (χ4n) is 9.08. The molecule has 0 spiro atoms. The van der Waals surface area contributed by atoms with Crippen molar-refractivity contribution in [3.05, 3.63) is 0 Å². The first-order valence-corrected chi connectivity index (χ1v) is 17.4. The quantitative estimate of drug-likeness (QED) is 0.214. The molecular weight excluding hydrogens is 450 g/mol. The van der Waals surface area contributed by atoms with Crippen LogP contribution in [0.3, 0.4) is 0 Å². The number of rotatable bonds is 6. The van der Waals surface area contributed by atoms with Crippen molar-refractivity contribution in [2.45, 2.75) is 124 Å². The number of hydrogen-bond donors (Lipinski definition) is 0. The predicted octanol–water partition coefficient (Wildman–Crippen LogP) is 7.58. The Kier molecular flexibility index (Phi) is 7.41. The summed E-state index contributed by atoms with van der Waals surface area (Å²) in [6, 6.07) is 0. The molecule has 5 heteroatoms. The fourth-order valence-corrected chi connectivity index (χ4v) is 10.5. The van der Waals surface area contributed by atoms with Crippen molar-refractivity contribution in [1.82, 2.24) is 0 Å². The number of fused-ring (bicyclic) bond motifs is 5. The number of Topliss-reactive ketones (excluding diaryl/α,β-unsaturated/α-hetero) is 1. The van der Waals surface area contributed by atoms with Gasteiger partial charge in [0.25, 0.3) is 0 Å². The number of nitrogens with zero attached hydrogens (tertiary/aromatic N) is 1. The Morgan fingerprint density at radius 2 is 1.74 bits per heavy atom. The van der Waals surface area contributed by atoms with E-state index in [1.54, 1.807) is 6.08 Å². The van der Waals surface area contributed by atoms with E-state index >= 15 is 0 Å². The van der Waals surface area contributed by atoms with Crippen LogP contribution in [0.5, 0.6) is 0 Å². The lowest BCUT2D eigenvalue weighted by Gasteiger charge is -2.61. The third kappa shape index (κ3) is 4.68. The summed E-state index contributed by atoms with van der Waals surface area (Å²) in [7, 11) is -1.80. The van der Waals surface area contributed by atoms with Gasteiger partial charge in [-0.2, -0.15) is 0 Å². The van der Waals surface area contributed by atoms with Gasteiger partial charge < -0.3 is 4.43 Å². The standard InChI is InChI=1S/C30H51NO3Si/c1-20(13-16-31-19-32)23-9-10-24-27-25(12-15-30(23,24)6)29(5)14-11-22(17-21(29)18-26(27)33)34-35(7,8)28(2,3)4/h20-25,27H,9-18H2,1-8H3/t20-,21+,22?,23-,24+,25+,27?,29+,30-/m1/s1. The van der Waals surface area contributed by atoms with E-state index in [0.29, 0.717) is 48.0 Å². The molecule has 4 aliphatic carbocycles. The molecule has 0 radical (unpaired) electrons. The van der Waals surface area contributed by atoms with Crippen LogP contribution in [-0.2, 0) is 14.0 Å². The highest BCUT2D eigenvalue weighted by Gasteiger charge is 2.63. The van der Waals surface area contributed by atoms with Crippen LogP contribution >= 0.6 is 0 Å². The second-order valence-electron chi connectivity index (χ2n) is 14.9. The highest BCUT2D eigenvalue weighted by Crippen LogP contribution is 2.67. The van der Waals surface area contributed by atoms with Crippen LogP contribution in [0.15, 0.2) is 4.99 Å². The van der Waals surface area contributed by atoms with Gasteiger partial charge in [0.05, 0.1) is 6.54 Å². The van der Waals surface area contributed by atoms with E-state index in [-0.39, 0.29) is 21.8 Å². The first-order valence-electron chi connectivity index (χ1n) is 14.5. The number of carbonyl (C=O) groups excluding carboxylic acids is 2. The van der Waals surface area contributed by atoms with Gasteiger partial charge in [-0.25, -0.2) is 9.79 Å². The SMILES string of the molecule is C[C@H](CCN=C=O)[C@H]1CC[C@H]2C3C(=O)C[C@@H]4CC(O[Si](C)(C)C(C)(C)C)CC[C@]4(C)[C@H]3CC[C@]12C. The third-order valence-corrected chi connectivity index (χ3v) is 16.7. The first-order chi connectivity index (χ1) is 16.2. The summed E-state index contributed by atoms with van der Waals surface area (Å²) >= 11 is 0. The molecule has 0 bridgehead atoms. The van der Waals surface area contributed by atoms with Crippen molar-refractivity contribution in [3.63, 3.8) is 0 Å². The lowest BCUT2D eigenvalue weighted by atomic mass is 9.44. The number of ketones is 1. The summed E-state index contributed by atoms with van der Waals surface area (Å²) in [6.07, 6.45) is 12.1. The highest BCUT2D eigenvalue weighted by molar-refractivity contribution is 6.74. The van der Waals surface area contributed by atoms with Gasteiger partial charge in [0.2, 0.25) is 6.08 Å². The smallest absolute Gasteiger partial charge is 0.234 e. The van der Waals surface area contributed by atoms with Gasteiger partial charge in [0.15, 0.2) is 8.32 Å². The highest BCUT2D eigenvalue weighted by atomic mass is 28.4. The van der Waals surface area contributed by atoms with Gasteiger partial charge in [-0.1, -0.05) is 41.5 Å². The molecule has 0 aromatic heterocycles. The van der Waals surface area contributed by atoms with Crippen LogP contribution < -0.4 is 0 Å². The molecule has 0 heterocycles. The molecule has 4 fully saturated rings. The van der Waals surface area contributed by atoms with Crippen LogP contribution in [0.1, 0.15) is 99.3 Å². The maximum absolute atomic E-state index is 13.9. The van der Waals surface area contributed by atoms with Gasteiger partial charge in [-0.3, -0.25) is 4.79 Å². The molecule has 0 aliphatic heterocycles. The van der Waals surface area contributed by atoms with Crippen molar-refractivity contribution in [1.29, 1.82) is 0 Å². The van der Waals surface area contributed by atoms with Crippen LogP contribution in [0.2, 0.25) is 18.1 Å². The van der Waals surface area contributed by atoms with Crippen molar-refractivity contribution in [2.24, 2.45) is 51.3 Å². The average Bonchev–Trinajstić information content (AvgIpc) is 3.11. The fraction of sp³-hybridized carbons (Fsp3) is 0.933. The zero-order valence-electron chi connectivity index (χ0n) is 23.8. The molecule has 2 unspecified atom stereocenters. The lowest BCUT2D eigenvalue weighted by Crippen LogP contribution is -2.58. The van der Waals surface area contributed by atoms with Crippen molar-refractivity contribution in [3.8, 4) is 0 Å². The van der Waals surface area contributed by atoms with E-state index in [4.69, 9.17) is 4.43 Å². The van der Waals surface area contributed by atoms with E-state index in [9.17, 15) is 9.59 Å². The lowest BCUT2D eigenvalue weighted by molar-refractivity contribution is -0.160. The number of isocyanates is 1. The Morgan fingerprint density at radius 3 is 2.40 bits per heavy atom. The summed E-state index contributed by atoms with van der Waals surface area (Å²) in [6.45, 7) is 19.7. The second kappa shape index (κ2) is 9.51. The Labute approximate surface area is 215 Å². The summed E-state index contributed by atoms with van der Waals surface area (Å²) in [4.78, 5) is 28.2. The van der Waals surface area contributed by atoms with Gasteiger partial charge >= 0.3 is 0 Å². The minimum Gasteiger partial charge on any atom is -0.414 e. The molecular formula is C30H51NO3Si. The molecule has 35 heavy (non-hydrogen) atoms. The predicted molar refractivity (Wildman–Crippen MR) is 144 cm³/mol. The molecule has 0 N–H and O–H groups in total. The van der Waals surface area contributed by atoms with Crippen LogP contribution in [-0.4, -0.2) is 32.8 Å². The van der Waals surface area contributed by atoms with E-state index < -0.39 is 8.32 Å². The summed E-state index contributed by atoms with van der Waals surface area (Å²) < 4.78 is 6.87. The summed E-state index contributed by atoms with van der Waals surface area (Å²) in [5.41, 5.74) is 0.544. The van der Waals surface area contributed by atoms with Crippen molar-refractivity contribution >= 4 is 20.2 Å².